The van der Waals surface area contributed by atoms with Crippen molar-refractivity contribution < 1.29 is 32.3 Å². The number of hydrogen-bond acceptors (Lipinski definition) is 7. The SMILES string of the molecule is CC[C@H]1CC[C@@H]2O[C@@H]([C@H](/C=C/I)O[Si](C)(C)C(C)(C)C)[C@@H](O[Si](C)(C)C(C)(C)C)[C@@H](O[Si](C)(C)C(C)(C)C)[C@H]2O1.O=C=O. The lowest BCUT2D eigenvalue weighted by atomic mass is 9.87. The van der Waals surface area contributed by atoms with Gasteiger partial charge in [-0.1, -0.05) is 91.8 Å². The van der Waals surface area contributed by atoms with Crippen molar-refractivity contribution in [1.82, 2.24) is 0 Å². The van der Waals surface area contributed by atoms with Gasteiger partial charge in [0.2, 0.25) is 0 Å². The largest absolute Gasteiger partial charge is 0.408 e. The minimum absolute atomic E-state index is 0.0324. The van der Waals surface area contributed by atoms with Crippen molar-refractivity contribution in [1.29, 1.82) is 0 Å². The molecule has 0 saturated carbocycles. The summed E-state index contributed by atoms with van der Waals surface area (Å²) < 4.78 is 38.0. The van der Waals surface area contributed by atoms with Crippen LogP contribution in [0.1, 0.15) is 88.5 Å². The first kappa shape index (κ1) is 41.3. The molecule has 7 atom stereocenters. The van der Waals surface area contributed by atoms with E-state index in [0.717, 1.165) is 19.3 Å². The van der Waals surface area contributed by atoms with Crippen molar-refractivity contribution in [2.24, 2.45) is 0 Å². The minimum atomic E-state index is -2.21. The maximum Gasteiger partial charge on any atom is 0.373 e. The van der Waals surface area contributed by atoms with E-state index in [-0.39, 0.29) is 64.0 Å². The molecule has 0 aromatic rings. The minimum Gasteiger partial charge on any atom is -0.408 e. The van der Waals surface area contributed by atoms with Crippen LogP contribution in [0.3, 0.4) is 0 Å². The van der Waals surface area contributed by atoms with Crippen LogP contribution in [0, 0.1) is 0 Å². The lowest BCUT2D eigenvalue weighted by Gasteiger charge is -2.56. The maximum atomic E-state index is 8.12. The van der Waals surface area contributed by atoms with Crippen molar-refractivity contribution in [3.05, 3.63) is 10.2 Å². The summed E-state index contributed by atoms with van der Waals surface area (Å²) in [5, 5.41) is 0.191. The van der Waals surface area contributed by atoms with Gasteiger partial charge in [-0.15, -0.1) is 0 Å². The Morgan fingerprint density at radius 3 is 1.63 bits per heavy atom. The molecule has 0 aromatic carbocycles. The quantitative estimate of drug-likeness (QED) is 0.171. The molecule has 43 heavy (non-hydrogen) atoms. The predicted molar refractivity (Wildman–Crippen MR) is 191 cm³/mol. The van der Waals surface area contributed by atoms with Crippen LogP contribution in [0.2, 0.25) is 54.4 Å². The first-order valence-electron chi connectivity index (χ1n) is 15.9. The van der Waals surface area contributed by atoms with Crippen molar-refractivity contribution in [3.8, 4) is 0 Å². The molecule has 2 heterocycles. The summed E-state index contributed by atoms with van der Waals surface area (Å²) in [6, 6.07) is 0. The molecule has 0 N–H and O–H groups in total. The van der Waals surface area contributed by atoms with Crippen LogP contribution >= 0.6 is 22.6 Å². The molecule has 0 bridgehead atoms. The third-order valence-electron chi connectivity index (χ3n) is 10.5. The van der Waals surface area contributed by atoms with Gasteiger partial charge in [-0.05, 0) is 83.8 Å². The third kappa shape index (κ3) is 10.7. The Morgan fingerprint density at radius 2 is 1.23 bits per heavy atom. The molecule has 0 spiro atoms. The van der Waals surface area contributed by atoms with Gasteiger partial charge in [-0.2, -0.15) is 9.59 Å². The molecular formula is C32H63IO7Si3. The van der Waals surface area contributed by atoms with E-state index in [9.17, 15) is 0 Å². The van der Waals surface area contributed by atoms with Crippen LogP contribution in [0.25, 0.3) is 0 Å². The summed E-state index contributed by atoms with van der Waals surface area (Å²) in [6.07, 6.45) is 4.51. The topological polar surface area (TPSA) is 80.3 Å². The molecular weight excluding hydrogens is 708 g/mol. The number of fused-ring (bicyclic) bond motifs is 1. The Kier molecular flexibility index (Phi) is 14.9. The summed E-state index contributed by atoms with van der Waals surface area (Å²) in [5.41, 5.74) is 0. The Morgan fingerprint density at radius 1 is 0.791 bits per heavy atom. The molecule has 0 amide bonds. The van der Waals surface area contributed by atoms with E-state index in [2.05, 4.69) is 141 Å². The van der Waals surface area contributed by atoms with Crippen molar-refractivity contribution in [2.45, 2.75) is 186 Å². The molecule has 2 aliphatic rings. The summed E-state index contributed by atoms with van der Waals surface area (Å²) in [5.74, 6) is 0. The highest BCUT2D eigenvalue weighted by molar-refractivity contribution is 14.1. The second-order valence-electron chi connectivity index (χ2n) is 16.8. The Balaban J connectivity index is 0.00000295. The Hall–Kier alpha value is 0.301. The zero-order valence-corrected chi connectivity index (χ0v) is 35.2. The van der Waals surface area contributed by atoms with E-state index < -0.39 is 25.0 Å². The lowest BCUT2D eigenvalue weighted by molar-refractivity contribution is -0.266. The van der Waals surface area contributed by atoms with Crippen LogP contribution in [-0.4, -0.2) is 73.8 Å². The smallest absolute Gasteiger partial charge is 0.373 e. The molecule has 11 heteroatoms. The van der Waals surface area contributed by atoms with Gasteiger partial charge in [0.25, 0.3) is 0 Å². The van der Waals surface area contributed by atoms with Gasteiger partial charge in [0.05, 0.1) is 18.3 Å². The van der Waals surface area contributed by atoms with Crippen LogP contribution in [0.5, 0.6) is 0 Å². The van der Waals surface area contributed by atoms with Gasteiger partial charge in [-0.25, -0.2) is 0 Å². The molecule has 0 unspecified atom stereocenters. The normalized spacial score (nSPS) is 28.5. The fourth-order valence-electron chi connectivity index (χ4n) is 4.65. The highest BCUT2D eigenvalue weighted by Crippen LogP contribution is 2.47. The van der Waals surface area contributed by atoms with E-state index >= 15 is 0 Å². The summed E-state index contributed by atoms with van der Waals surface area (Å²) in [4.78, 5) is 16.2. The fourth-order valence-corrected chi connectivity index (χ4v) is 8.91. The van der Waals surface area contributed by atoms with Gasteiger partial charge in [-0.3, -0.25) is 0 Å². The molecule has 2 aliphatic heterocycles. The van der Waals surface area contributed by atoms with Crippen molar-refractivity contribution in [3.63, 3.8) is 0 Å². The number of hydrogen-bond donors (Lipinski definition) is 0. The van der Waals surface area contributed by atoms with Gasteiger partial charge >= 0.3 is 6.15 Å². The second kappa shape index (κ2) is 15.5. The molecule has 2 fully saturated rings. The second-order valence-corrected chi connectivity index (χ2v) is 31.8. The zero-order valence-electron chi connectivity index (χ0n) is 30.1. The number of rotatable bonds is 9. The predicted octanol–water partition coefficient (Wildman–Crippen LogP) is 9.25. The Labute approximate surface area is 280 Å². The highest BCUT2D eigenvalue weighted by atomic mass is 127. The Bertz CT molecular complexity index is 944. The zero-order chi connectivity index (χ0) is 33.8. The average molecular weight is 771 g/mol. The monoisotopic (exact) mass is 770 g/mol. The standard InChI is InChI=1S/C31H63IO5Si3.CO2/c1-17-22-18-19-23-25(33-22)27(36-39(13,14)30(5,6)7)28(37-40(15,16)31(8,9)10)26(34-23)24(20-21-32)35-38(11,12)29(2,3)4;2-1-3/h20-28H,17-19H2,1-16H3;/b21-20+;/t22-,23-,24-,25-,26-,27-,28+;/m0./s1. The lowest BCUT2D eigenvalue weighted by Crippen LogP contribution is -2.69. The summed E-state index contributed by atoms with van der Waals surface area (Å²) in [6.45, 7) is 37.0. The van der Waals surface area contributed by atoms with Crippen LogP contribution in [0.4, 0.5) is 0 Å². The van der Waals surface area contributed by atoms with E-state index in [0.29, 0.717) is 0 Å². The molecule has 0 radical (unpaired) electrons. The van der Waals surface area contributed by atoms with E-state index in [4.69, 9.17) is 32.3 Å². The summed E-state index contributed by atoms with van der Waals surface area (Å²) >= 11 is 2.32. The average Bonchev–Trinajstić information content (AvgIpc) is 2.82. The maximum absolute atomic E-state index is 8.12. The molecule has 2 saturated heterocycles. The molecule has 7 nitrogen and oxygen atoms in total. The van der Waals surface area contributed by atoms with Gasteiger partial charge in [0, 0.05) is 0 Å². The van der Waals surface area contributed by atoms with Gasteiger partial charge < -0.3 is 22.8 Å². The van der Waals surface area contributed by atoms with Crippen molar-refractivity contribution >= 4 is 53.7 Å². The van der Waals surface area contributed by atoms with E-state index in [1.165, 1.54) is 0 Å². The number of ether oxygens (including phenoxy) is 2. The first-order valence-corrected chi connectivity index (χ1v) is 25.9. The summed E-state index contributed by atoms with van der Waals surface area (Å²) in [7, 11) is -6.50. The fraction of sp³-hybridized carbons (Fsp3) is 0.906. The van der Waals surface area contributed by atoms with Crippen molar-refractivity contribution in [2.75, 3.05) is 0 Å². The third-order valence-corrected chi connectivity index (χ3v) is 24.4. The van der Waals surface area contributed by atoms with Crippen LogP contribution < -0.4 is 0 Å². The highest BCUT2D eigenvalue weighted by Gasteiger charge is 2.57. The van der Waals surface area contributed by atoms with Crippen LogP contribution in [0.15, 0.2) is 10.2 Å². The van der Waals surface area contributed by atoms with Gasteiger partial charge in [0.1, 0.15) is 24.4 Å². The molecule has 0 aromatic heterocycles. The van der Waals surface area contributed by atoms with E-state index in [1.54, 1.807) is 0 Å². The van der Waals surface area contributed by atoms with Gasteiger partial charge in [0.15, 0.2) is 25.0 Å². The first-order chi connectivity index (χ1) is 19.3. The molecule has 0 aliphatic carbocycles. The molecule has 2 rings (SSSR count). The van der Waals surface area contributed by atoms with E-state index in [1.807, 2.05) is 0 Å². The number of halogens is 1. The number of carbonyl (C=O) groups excluding carboxylic acids is 2. The molecule has 252 valence electrons. The van der Waals surface area contributed by atoms with Crippen LogP contribution in [-0.2, 0) is 32.3 Å².